The van der Waals surface area contributed by atoms with E-state index in [2.05, 4.69) is 16.4 Å². The van der Waals surface area contributed by atoms with Crippen molar-refractivity contribution in [2.45, 2.75) is 20.8 Å². The van der Waals surface area contributed by atoms with Crippen molar-refractivity contribution in [3.8, 4) is 5.75 Å². The fourth-order valence-corrected chi connectivity index (χ4v) is 2.98. The van der Waals surface area contributed by atoms with Crippen LogP contribution in [0.1, 0.15) is 28.4 Å². The molecule has 0 radical (unpaired) electrons. The molecule has 1 N–H and O–H groups in total. The highest BCUT2D eigenvalue weighted by molar-refractivity contribution is 6.06. The van der Waals surface area contributed by atoms with Gasteiger partial charge >= 0.3 is 5.97 Å². The summed E-state index contributed by atoms with van der Waals surface area (Å²) in [6.45, 7) is 6.15. The summed E-state index contributed by atoms with van der Waals surface area (Å²) in [7, 11) is 1.63. The number of nitrogens with one attached hydrogen (secondary N) is 1. The van der Waals surface area contributed by atoms with Crippen LogP contribution in [0.5, 0.6) is 5.75 Å². The molecule has 0 fully saturated rings. The number of carbonyl (C=O) groups is 1. The van der Waals surface area contributed by atoms with Crippen LogP contribution in [0.15, 0.2) is 42.6 Å². The molecule has 0 saturated carbocycles. The Hall–Kier alpha value is -3.08. The average Bonchev–Trinajstić information content (AvgIpc) is 2.63. The zero-order valence-corrected chi connectivity index (χ0v) is 15.4. The first-order valence-electron chi connectivity index (χ1n) is 8.51. The average molecular weight is 350 g/mol. The lowest BCUT2D eigenvalue weighted by Crippen LogP contribution is -2.09. The minimum absolute atomic E-state index is 0.311. The molecule has 0 aliphatic rings. The number of hydrogen-bond acceptors (Lipinski definition) is 5. The summed E-state index contributed by atoms with van der Waals surface area (Å²) in [5, 5.41) is 4.26. The van der Waals surface area contributed by atoms with Crippen LogP contribution in [0.2, 0.25) is 0 Å². The van der Waals surface area contributed by atoms with E-state index in [1.165, 1.54) is 0 Å². The van der Waals surface area contributed by atoms with Gasteiger partial charge in [-0.3, -0.25) is 4.98 Å². The van der Waals surface area contributed by atoms with E-state index < -0.39 is 5.97 Å². The Morgan fingerprint density at radius 2 is 1.88 bits per heavy atom. The second-order valence-corrected chi connectivity index (χ2v) is 6.10. The van der Waals surface area contributed by atoms with Gasteiger partial charge in [0.2, 0.25) is 0 Å². The van der Waals surface area contributed by atoms with Gasteiger partial charge in [-0.2, -0.15) is 0 Å². The van der Waals surface area contributed by atoms with Gasteiger partial charge < -0.3 is 14.8 Å². The molecule has 0 saturated heterocycles. The number of pyridine rings is 1. The summed E-state index contributed by atoms with van der Waals surface area (Å²) >= 11 is 0. The number of fused-ring (bicyclic) bond motifs is 1. The van der Waals surface area contributed by atoms with E-state index in [4.69, 9.17) is 9.47 Å². The molecule has 134 valence electrons. The highest BCUT2D eigenvalue weighted by Gasteiger charge is 2.18. The number of rotatable bonds is 5. The number of hydrogen-bond donors (Lipinski definition) is 1. The van der Waals surface area contributed by atoms with E-state index in [0.29, 0.717) is 17.9 Å². The third-order valence-corrected chi connectivity index (χ3v) is 4.16. The SMILES string of the molecule is CCOC(=O)c1cnc2c(C)cc(C)cc2c1Nc1ccc(OC)cc1. The summed E-state index contributed by atoms with van der Waals surface area (Å²) in [5.74, 6) is 0.379. The number of aromatic nitrogens is 1. The number of esters is 1. The Morgan fingerprint density at radius 3 is 2.54 bits per heavy atom. The molecule has 0 aliphatic carbocycles. The lowest BCUT2D eigenvalue weighted by Gasteiger charge is -2.16. The smallest absolute Gasteiger partial charge is 0.341 e. The van der Waals surface area contributed by atoms with E-state index in [1.54, 1.807) is 20.2 Å². The maximum atomic E-state index is 12.4. The van der Waals surface area contributed by atoms with Crippen molar-refractivity contribution in [3.63, 3.8) is 0 Å². The summed E-state index contributed by atoms with van der Waals surface area (Å²) in [4.78, 5) is 16.9. The first-order chi connectivity index (χ1) is 12.5. The zero-order valence-electron chi connectivity index (χ0n) is 15.4. The molecule has 1 heterocycles. The van der Waals surface area contributed by atoms with Crippen LogP contribution in [0.4, 0.5) is 11.4 Å². The molecule has 3 aromatic rings. The van der Waals surface area contributed by atoms with Gasteiger partial charge in [-0.1, -0.05) is 11.6 Å². The topological polar surface area (TPSA) is 60.5 Å². The van der Waals surface area contributed by atoms with Crippen molar-refractivity contribution in [2.24, 2.45) is 0 Å². The highest BCUT2D eigenvalue weighted by atomic mass is 16.5. The number of anilines is 2. The lowest BCUT2D eigenvalue weighted by molar-refractivity contribution is 0.0527. The van der Waals surface area contributed by atoms with Crippen LogP contribution in [0.25, 0.3) is 10.9 Å². The van der Waals surface area contributed by atoms with Gasteiger partial charge in [0.25, 0.3) is 0 Å². The van der Waals surface area contributed by atoms with Crippen molar-refractivity contribution in [2.75, 3.05) is 19.0 Å². The van der Waals surface area contributed by atoms with Gasteiger partial charge in [0, 0.05) is 17.3 Å². The van der Waals surface area contributed by atoms with Gasteiger partial charge in [-0.25, -0.2) is 4.79 Å². The van der Waals surface area contributed by atoms with E-state index in [-0.39, 0.29) is 0 Å². The van der Waals surface area contributed by atoms with Crippen LogP contribution in [0.3, 0.4) is 0 Å². The molecule has 5 heteroatoms. The third-order valence-electron chi connectivity index (χ3n) is 4.16. The monoisotopic (exact) mass is 350 g/mol. The van der Waals surface area contributed by atoms with E-state index in [9.17, 15) is 4.79 Å². The normalized spacial score (nSPS) is 10.6. The van der Waals surface area contributed by atoms with Crippen molar-refractivity contribution in [3.05, 3.63) is 59.3 Å². The van der Waals surface area contributed by atoms with E-state index in [1.807, 2.05) is 44.2 Å². The molecule has 26 heavy (non-hydrogen) atoms. The molecule has 0 bridgehead atoms. The van der Waals surface area contributed by atoms with Crippen LogP contribution in [-0.4, -0.2) is 24.7 Å². The Labute approximate surface area is 153 Å². The van der Waals surface area contributed by atoms with Crippen LogP contribution in [-0.2, 0) is 4.74 Å². The molecule has 2 aromatic carbocycles. The van der Waals surface area contributed by atoms with Crippen LogP contribution in [0, 0.1) is 13.8 Å². The first-order valence-corrected chi connectivity index (χ1v) is 8.51. The molecule has 3 rings (SSSR count). The summed E-state index contributed by atoms with van der Waals surface area (Å²) in [6.07, 6.45) is 1.58. The van der Waals surface area contributed by atoms with Crippen LogP contribution < -0.4 is 10.1 Å². The largest absolute Gasteiger partial charge is 0.497 e. The number of nitrogens with zero attached hydrogens (tertiary/aromatic N) is 1. The zero-order chi connectivity index (χ0) is 18.7. The summed E-state index contributed by atoms with van der Waals surface area (Å²) < 4.78 is 10.4. The second kappa shape index (κ2) is 7.44. The molecule has 0 atom stereocenters. The molecule has 0 amide bonds. The van der Waals surface area contributed by atoms with Gasteiger partial charge in [0.1, 0.15) is 11.3 Å². The first kappa shape index (κ1) is 17.7. The third kappa shape index (κ3) is 3.47. The Morgan fingerprint density at radius 1 is 1.15 bits per heavy atom. The van der Waals surface area contributed by atoms with Gasteiger partial charge in [-0.15, -0.1) is 0 Å². The minimum atomic E-state index is -0.392. The molecule has 5 nitrogen and oxygen atoms in total. The number of carbonyl (C=O) groups excluding carboxylic acids is 1. The van der Waals surface area contributed by atoms with Crippen molar-refractivity contribution >= 4 is 28.2 Å². The molecule has 0 aliphatic heterocycles. The van der Waals surface area contributed by atoms with Gasteiger partial charge in [0.15, 0.2) is 0 Å². The van der Waals surface area contributed by atoms with Crippen LogP contribution >= 0.6 is 0 Å². The molecule has 0 spiro atoms. The number of methoxy groups -OCH3 is 1. The summed E-state index contributed by atoms with van der Waals surface area (Å²) in [5.41, 5.74) is 5.00. The number of benzene rings is 2. The van der Waals surface area contributed by atoms with Gasteiger partial charge in [-0.05, 0) is 56.7 Å². The molecular formula is C21H22N2O3. The maximum absolute atomic E-state index is 12.4. The Balaban J connectivity index is 2.17. The predicted molar refractivity (Wildman–Crippen MR) is 103 cm³/mol. The van der Waals surface area contributed by atoms with Crippen molar-refractivity contribution in [1.29, 1.82) is 0 Å². The summed E-state index contributed by atoms with van der Waals surface area (Å²) in [6, 6.07) is 11.7. The molecular weight excluding hydrogens is 328 g/mol. The van der Waals surface area contributed by atoms with Gasteiger partial charge in [0.05, 0.1) is 24.9 Å². The lowest BCUT2D eigenvalue weighted by atomic mass is 10.0. The minimum Gasteiger partial charge on any atom is -0.497 e. The standard InChI is InChI=1S/C21H22N2O3/c1-5-26-21(24)18-12-22-19-14(3)10-13(2)11-17(19)20(18)23-15-6-8-16(25-4)9-7-15/h6-12H,5H2,1-4H3,(H,22,23). The fraction of sp³-hybridized carbons (Fsp3) is 0.238. The predicted octanol–water partition coefficient (Wildman–Crippen LogP) is 4.78. The van der Waals surface area contributed by atoms with E-state index >= 15 is 0 Å². The van der Waals surface area contributed by atoms with Crippen molar-refractivity contribution < 1.29 is 14.3 Å². The van der Waals surface area contributed by atoms with E-state index in [0.717, 1.165) is 33.5 Å². The Kier molecular flexibility index (Phi) is 5.07. The Bertz CT molecular complexity index is 950. The molecule has 0 unspecified atom stereocenters. The number of ether oxygens (including phenoxy) is 2. The maximum Gasteiger partial charge on any atom is 0.341 e. The second-order valence-electron chi connectivity index (χ2n) is 6.10. The fourth-order valence-electron chi connectivity index (χ4n) is 2.98. The van der Waals surface area contributed by atoms with Crippen molar-refractivity contribution in [1.82, 2.24) is 4.98 Å². The quantitative estimate of drug-likeness (QED) is 0.671. The number of aryl methyl sites for hydroxylation is 2. The highest BCUT2D eigenvalue weighted by Crippen LogP contribution is 2.32. The molecule has 1 aromatic heterocycles.